The van der Waals surface area contributed by atoms with E-state index in [1.165, 1.54) is 18.5 Å². The van der Waals surface area contributed by atoms with E-state index in [1.54, 1.807) is 6.26 Å². The van der Waals surface area contributed by atoms with Crippen molar-refractivity contribution in [2.75, 3.05) is 5.32 Å². The summed E-state index contributed by atoms with van der Waals surface area (Å²) in [6.07, 6.45) is 4.28. The van der Waals surface area contributed by atoms with E-state index in [-0.39, 0.29) is 0 Å². The van der Waals surface area contributed by atoms with Gasteiger partial charge >= 0.3 is 0 Å². The Morgan fingerprint density at radius 1 is 1.25 bits per heavy atom. The highest BCUT2D eigenvalue weighted by atomic mass is 16.3. The maximum atomic E-state index is 5.20. The van der Waals surface area contributed by atoms with E-state index in [1.807, 2.05) is 6.92 Å². The summed E-state index contributed by atoms with van der Waals surface area (Å²) in [5, 5.41) is 3.46. The molecule has 1 aromatic heterocycles. The molecule has 0 aliphatic heterocycles. The summed E-state index contributed by atoms with van der Waals surface area (Å²) in [6, 6.07) is 9.03. The molecule has 1 fully saturated rings. The molecule has 0 bridgehead atoms. The zero-order chi connectivity index (χ0) is 11.0. The zero-order valence-electron chi connectivity index (χ0n) is 9.23. The van der Waals surface area contributed by atoms with Crippen LogP contribution in [0, 0.1) is 6.92 Å². The van der Waals surface area contributed by atoms with Gasteiger partial charge in [-0.3, -0.25) is 0 Å². The van der Waals surface area contributed by atoms with Crippen LogP contribution in [0.3, 0.4) is 0 Å². The number of nitrogens with one attached hydrogen (secondary N) is 1. The molecule has 82 valence electrons. The lowest BCUT2D eigenvalue weighted by Gasteiger charge is -2.04. The first-order valence-electron chi connectivity index (χ1n) is 5.60. The van der Waals surface area contributed by atoms with E-state index in [9.17, 15) is 0 Å². The van der Waals surface area contributed by atoms with Crippen molar-refractivity contribution in [2.45, 2.75) is 25.8 Å². The minimum Gasteiger partial charge on any atom is -0.449 e. The molecule has 2 aromatic rings. The van der Waals surface area contributed by atoms with Crippen molar-refractivity contribution in [3.63, 3.8) is 0 Å². The first-order valence-corrected chi connectivity index (χ1v) is 5.60. The van der Waals surface area contributed by atoms with Crippen LogP contribution in [0.4, 0.5) is 5.69 Å². The van der Waals surface area contributed by atoms with E-state index < -0.39 is 0 Å². The summed E-state index contributed by atoms with van der Waals surface area (Å²) in [5.41, 5.74) is 3.18. The van der Waals surface area contributed by atoms with Crippen LogP contribution in [0.2, 0.25) is 0 Å². The molecule has 0 saturated heterocycles. The topological polar surface area (TPSA) is 38.1 Å². The van der Waals surface area contributed by atoms with Gasteiger partial charge in [-0.2, -0.15) is 0 Å². The Morgan fingerprint density at radius 3 is 2.56 bits per heavy atom. The number of aromatic nitrogens is 1. The number of oxazole rings is 1. The molecule has 0 amide bonds. The van der Waals surface area contributed by atoms with Gasteiger partial charge in [-0.05, 0) is 25.0 Å². The summed E-state index contributed by atoms with van der Waals surface area (Å²) >= 11 is 0. The first kappa shape index (κ1) is 9.46. The van der Waals surface area contributed by atoms with Crippen molar-refractivity contribution in [3.8, 4) is 11.3 Å². The minimum absolute atomic E-state index is 0.695. The molecular formula is C13H14N2O. The highest BCUT2D eigenvalue weighted by Crippen LogP contribution is 2.26. The molecule has 3 nitrogen and oxygen atoms in total. The van der Waals surface area contributed by atoms with Crippen molar-refractivity contribution >= 4 is 5.69 Å². The highest BCUT2D eigenvalue weighted by Gasteiger charge is 2.20. The number of hydrogen-bond acceptors (Lipinski definition) is 3. The number of hydrogen-bond donors (Lipinski definition) is 1. The van der Waals surface area contributed by atoms with Gasteiger partial charge in [0.15, 0.2) is 5.89 Å². The summed E-state index contributed by atoms with van der Waals surface area (Å²) in [5.74, 6) is 0.704. The predicted octanol–water partition coefficient (Wildman–Crippen LogP) is 3.22. The van der Waals surface area contributed by atoms with Crippen LogP contribution in [-0.4, -0.2) is 11.0 Å². The van der Waals surface area contributed by atoms with Gasteiger partial charge in [0.2, 0.25) is 0 Å². The molecule has 3 heteroatoms. The molecule has 1 aliphatic carbocycles. The maximum absolute atomic E-state index is 5.20. The van der Waals surface area contributed by atoms with Crippen molar-refractivity contribution in [3.05, 3.63) is 36.4 Å². The Hall–Kier alpha value is -1.77. The Morgan fingerprint density at radius 2 is 2.00 bits per heavy atom. The lowest BCUT2D eigenvalue weighted by atomic mass is 10.1. The highest BCUT2D eigenvalue weighted by molar-refractivity contribution is 5.62. The number of aryl methyl sites for hydroxylation is 1. The Kier molecular flexibility index (Phi) is 2.17. The standard InChI is InChI=1S/C13H14N2O/c1-9-14-13(8-16-9)10-2-4-11(5-3-10)15-12-6-7-12/h2-5,8,12,15H,6-7H2,1H3. The number of nitrogens with zero attached hydrogens (tertiary/aromatic N) is 1. The SMILES string of the molecule is Cc1nc(-c2ccc(NC3CC3)cc2)co1. The number of anilines is 1. The van der Waals surface area contributed by atoms with Gasteiger partial charge in [-0.1, -0.05) is 12.1 Å². The average Bonchev–Trinajstić information content (AvgIpc) is 3.00. The summed E-state index contributed by atoms with van der Waals surface area (Å²) in [7, 11) is 0. The van der Waals surface area contributed by atoms with Crippen LogP contribution in [-0.2, 0) is 0 Å². The van der Waals surface area contributed by atoms with Crippen molar-refractivity contribution in [1.82, 2.24) is 4.98 Å². The monoisotopic (exact) mass is 214 g/mol. The lowest BCUT2D eigenvalue weighted by molar-refractivity contribution is 0.521. The van der Waals surface area contributed by atoms with Gasteiger partial charge in [0.1, 0.15) is 12.0 Å². The molecular weight excluding hydrogens is 200 g/mol. The van der Waals surface area contributed by atoms with Crippen LogP contribution in [0.5, 0.6) is 0 Å². The average molecular weight is 214 g/mol. The Bertz CT molecular complexity index is 483. The van der Waals surface area contributed by atoms with Crippen molar-refractivity contribution in [2.24, 2.45) is 0 Å². The van der Waals surface area contributed by atoms with Gasteiger partial charge in [0.25, 0.3) is 0 Å². The van der Waals surface area contributed by atoms with E-state index in [0.717, 1.165) is 11.3 Å². The third-order valence-corrected chi connectivity index (χ3v) is 2.75. The Labute approximate surface area is 94.5 Å². The smallest absolute Gasteiger partial charge is 0.191 e. The zero-order valence-corrected chi connectivity index (χ0v) is 9.23. The van der Waals surface area contributed by atoms with Crippen molar-refractivity contribution in [1.29, 1.82) is 0 Å². The maximum Gasteiger partial charge on any atom is 0.191 e. The quantitative estimate of drug-likeness (QED) is 0.852. The van der Waals surface area contributed by atoms with E-state index in [2.05, 4.69) is 34.6 Å². The van der Waals surface area contributed by atoms with Crippen LogP contribution in [0.25, 0.3) is 11.3 Å². The normalized spacial score (nSPS) is 15.1. The first-order chi connectivity index (χ1) is 7.81. The van der Waals surface area contributed by atoms with Crippen molar-refractivity contribution < 1.29 is 4.42 Å². The molecule has 16 heavy (non-hydrogen) atoms. The van der Waals surface area contributed by atoms with E-state index >= 15 is 0 Å². The van der Waals surface area contributed by atoms with E-state index in [4.69, 9.17) is 4.42 Å². The molecule has 1 heterocycles. The number of rotatable bonds is 3. The third-order valence-electron chi connectivity index (χ3n) is 2.75. The van der Waals surface area contributed by atoms with Gasteiger partial charge < -0.3 is 9.73 Å². The Balaban J connectivity index is 1.80. The molecule has 1 aliphatic rings. The predicted molar refractivity (Wildman–Crippen MR) is 63.3 cm³/mol. The summed E-state index contributed by atoms with van der Waals surface area (Å²) in [4.78, 5) is 4.30. The van der Waals surface area contributed by atoms with Gasteiger partial charge in [-0.25, -0.2) is 4.98 Å². The summed E-state index contributed by atoms with van der Waals surface area (Å²) < 4.78 is 5.20. The van der Waals surface area contributed by atoms with Crippen LogP contribution < -0.4 is 5.32 Å². The fourth-order valence-electron chi connectivity index (χ4n) is 1.70. The second kappa shape index (κ2) is 3.67. The fourth-order valence-corrected chi connectivity index (χ4v) is 1.70. The largest absolute Gasteiger partial charge is 0.449 e. The molecule has 1 saturated carbocycles. The summed E-state index contributed by atoms with van der Waals surface area (Å²) in [6.45, 7) is 1.85. The molecule has 1 aromatic carbocycles. The minimum atomic E-state index is 0.695. The van der Waals surface area contributed by atoms with Gasteiger partial charge in [0, 0.05) is 24.2 Å². The van der Waals surface area contributed by atoms with Gasteiger partial charge in [0.05, 0.1) is 0 Å². The third kappa shape index (κ3) is 1.94. The van der Waals surface area contributed by atoms with Crippen LogP contribution in [0.15, 0.2) is 34.9 Å². The van der Waals surface area contributed by atoms with Crippen LogP contribution in [0.1, 0.15) is 18.7 Å². The van der Waals surface area contributed by atoms with Crippen LogP contribution >= 0.6 is 0 Å². The van der Waals surface area contributed by atoms with Gasteiger partial charge in [-0.15, -0.1) is 0 Å². The lowest BCUT2D eigenvalue weighted by Crippen LogP contribution is -1.99. The molecule has 0 spiro atoms. The number of benzene rings is 1. The second-order valence-electron chi connectivity index (χ2n) is 4.25. The fraction of sp³-hybridized carbons (Fsp3) is 0.308. The molecule has 0 atom stereocenters. The molecule has 1 N–H and O–H groups in total. The van der Waals surface area contributed by atoms with E-state index in [0.29, 0.717) is 11.9 Å². The molecule has 0 unspecified atom stereocenters. The molecule has 3 rings (SSSR count). The second-order valence-corrected chi connectivity index (χ2v) is 4.25. The molecule has 0 radical (unpaired) electrons.